The van der Waals surface area contributed by atoms with Crippen molar-refractivity contribution in [1.82, 2.24) is 0 Å². The van der Waals surface area contributed by atoms with Crippen LogP contribution in [-0.4, -0.2) is 23.6 Å². The minimum atomic E-state index is -0.861. The van der Waals surface area contributed by atoms with Crippen molar-refractivity contribution in [3.8, 4) is 0 Å². The number of rotatable bonds is 3. The summed E-state index contributed by atoms with van der Waals surface area (Å²) in [7, 11) is 1.17. The van der Waals surface area contributed by atoms with Gasteiger partial charge in [0.1, 0.15) is 0 Å². The molecule has 0 radical (unpaired) electrons. The van der Waals surface area contributed by atoms with Crippen LogP contribution in [0.3, 0.4) is 0 Å². The third-order valence-corrected chi connectivity index (χ3v) is 2.29. The molecule has 0 bridgehead atoms. The predicted molar refractivity (Wildman–Crippen MR) is 58.1 cm³/mol. The molecule has 0 N–H and O–H groups in total. The average molecular weight is 261 g/mol. The topological polar surface area (TPSA) is 60.4 Å². The van der Waals surface area contributed by atoms with E-state index in [1.165, 1.54) is 19.2 Å². The summed E-state index contributed by atoms with van der Waals surface area (Å²) in [6, 6.07) is 3.72. The zero-order valence-electron chi connectivity index (χ0n) is 8.12. The summed E-state index contributed by atoms with van der Waals surface area (Å²) >= 11 is 10.5. The summed E-state index contributed by atoms with van der Waals surface area (Å²) in [5.74, 6) is -0.711. The molecule has 0 heterocycles. The van der Waals surface area contributed by atoms with Crippen molar-refractivity contribution in [2.75, 3.05) is 7.11 Å². The lowest BCUT2D eigenvalue weighted by molar-refractivity contribution is 0.0597. The maximum absolute atomic E-state index is 11.3. The highest BCUT2D eigenvalue weighted by atomic mass is 35.5. The fourth-order valence-corrected chi connectivity index (χ4v) is 1.39. The van der Waals surface area contributed by atoms with E-state index in [4.69, 9.17) is 23.2 Å². The lowest BCUT2D eigenvalue weighted by atomic mass is 10.1. The molecule has 0 amide bonds. The molecule has 16 heavy (non-hydrogen) atoms. The Morgan fingerprint density at radius 1 is 1.06 bits per heavy atom. The molecule has 4 nitrogen and oxygen atoms in total. The van der Waals surface area contributed by atoms with Crippen LogP contribution >= 0.6 is 23.2 Å². The summed E-state index contributed by atoms with van der Waals surface area (Å²) in [6.45, 7) is 0. The Morgan fingerprint density at radius 2 is 1.69 bits per heavy atom. The van der Waals surface area contributed by atoms with E-state index in [1.807, 2.05) is 0 Å². The van der Waals surface area contributed by atoms with Crippen molar-refractivity contribution in [3.63, 3.8) is 0 Å². The maximum atomic E-state index is 11.3. The monoisotopic (exact) mass is 260 g/mol. The first-order chi connectivity index (χ1) is 7.47. The van der Waals surface area contributed by atoms with Gasteiger partial charge in [0.2, 0.25) is 0 Å². The molecule has 0 aliphatic rings. The Bertz CT molecular complexity index is 468. The van der Waals surface area contributed by atoms with Gasteiger partial charge in [0, 0.05) is 11.1 Å². The largest absolute Gasteiger partial charge is 0.465 e. The number of carbonyl (C=O) groups is 3. The number of esters is 1. The Morgan fingerprint density at radius 3 is 2.12 bits per heavy atom. The Kier molecular flexibility index (Phi) is 4.04. The van der Waals surface area contributed by atoms with Gasteiger partial charge in [0.15, 0.2) is 0 Å². The van der Waals surface area contributed by atoms with Gasteiger partial charge in [-0.1, -0.05) is 0 Å². The Labute approximate surface area is 101 Å². The Hall–Kier alpha value is -1.39. The lowest BCUT2D eigenvalue weighted by Gasteiger charge is -2.04. The zero-order chi connectivity index (χ0) is 12.3. The second-order valence-corrected chi connectivity index (χ2v) is 3.49. The molecular formula is C10H6Cl2O4. The van der Waals surface area contributed by atoms with E-state index < -0.39 is 16.5 Å². The van der Waals surface area contributed by atoms with Crippen molar-refractivity contribution in [1.29, 1.82) is 0 Å². The molecule has 1 rings (SSSR count). The third-order valence-electron chi connectivity index (χ3n) is 1.86. The molecule has 1 aromatic rings. The quantitative estimate of drug-likeness (QED) is 0.618. The number of ether oxygens (including phenoxy) is 1. The van der Waals surface area contributed by atoms with Crippen LogP contribution in [0.4, 0.5) is 0 Å². The number of halogens is 2. The maximum Gasteiger partial charge on any atom is 0.338 e. The summed E-state index contributed by atoms with van der Waals surface area (Å²) in [6.07, 6.45) is 0. The Balaban J connectivity index is 3.36. The zero-order valence-corrected chi connectivity index (χ0v) is 9.63. The minimum absolute atomic E-state index is 0.0100. The SMILES string of the molecule is COC(=O)c1ccc(C(=O)Cl)cc1C(=O)Cl. The smallest absolute Gasteiger partial charge is 0.338 e. The number of carbonyl (C=O) groups excluding carboxylic acids is 3. The molecular weight excluding hydrogens is 255 g/mol. The van der Waals surface area contributed by atoms with Crippen molar-refractivity contribution < 1.29 is 19.1 Å². The van der Waals surface area contributed by atoms with E-state index in [9.17, 15) is 14.4 Å². The molecule has 1 aromatic carbocycles. The van der Waals surface area contributed by atoms with Crippen LogP contribution < -0.4 is 0 Å². The summed E-state index contributed by atoms with van der Waals surface area (Å²) in [5, 5.41) is -1.60. The number of benzene rings is 1. The second-order valence-electron chi connectivity index (χ2n) is 2.80. The number of methoxy groups -OCH3 is 1. The first kappa shape index (κ1) is 12.7. The molecule has 0 atom stereocenters. The van der Waals surface area contributed by atoms with E-state index in [0.717, 1.165) is 6.07 Å². The predicted octanol–water partition coefficient (Wildman–Crippen LogP) is 2.23. The van der Waals surface area contributed by atoms with Gasteiger partial charge in [-0.2, -0.15) is 0 Å². The molecule has 0 saturated carbocycles. The fraction of sp³-hybridized carbons (Fsp3) is 0.100. The molecule has 0 aliphatic heterocycles. The van der Waals surface area contributed by atoms with Gasteiger partial charge >= 0.3 is 5.97 Å². The highest BCUT2D eigenvalue weighted by molar-refractivity contribution is 6.69. The number of hydrogen-bond acceptors (Lipinski definition) is 4. The van der Waals surface area contributed by atoms with Gasteiger partial charge in [0.25, 0.3) is 10.5 Å². The molecule has 0 spiro atoms. The first-order valence-electron chi connectivity index (χ1n) is 4.09. The van der Waals surface area contributed by atoms with Crippen molar-refractivity contribution >= 4 is 39.7 Å². The van der Waals surface area contributed by atoms with E-state index in [1.54, 1.807) is 0 Å². The molecule has 0 unspecified atom stereocenters. The van der Waals surface area contributed by atoms with Gasteiger partial charge in [0.05, 0.1) is 12.7 Å². The van der Waals surface area contributed by atoms with Crippen LogP contribution in [0, 0.1) is 0 Å². The van der Waals surface area contributed by atoms with E-state index in [-0.39, 0.29) is 16.7 Å². The molecule has 0 aromatic heterocycles. The lowest BCUT2D eigenvalue weighted by Crippen LogP contribution is -2.08. The van der Waals surface area contributed by atoms with Crippen LogP contribution in [0.5, 0.6) is 0 Å². The van der Waals surface area contributed by atoms with Crippen LogP contribution in [0.1, 0.15) is 31.1 Å². The first-order valence-corrected chi connectivity index (χ1v) is 4.85. The highest BCUT2D eigenvalue weighted by Crippen LogP contribution is 2.17. The third kappa shape index (κ3) is 2.59. The minimum Gasteiger partial charge on any atom is -0.465 e. The van der Waals surface area contributed by atoms with Crippen LogP contribution in [0.25, 0.3) is 0 Å². The van der Waals surface area contributed by atoms with Crippen molar-refractivity contribution in [2.24, 2.45) is 0 Å². The van der Waals surface area contributed by atoms with Gasteiger partial charge in [-0.15, -0.1) is 0 Å². The molecule has 84 valence electrons. The van der Waals surface area contributed by atoms with Gasteiger partial charge in [-0.05, 0) is 41.4 Å². The second kappa shape index (κ2) is 5.09. The van der Waals surface area contributed by atoms with E-state index >= 15 is 0 Å². The van der Waals surface area contributed by atoms with Gasteiger partial charge < -0.3 is 4.74 Å². The molecule has 0 saturated heterocycles. The normalized spacial score (nSPS) is 9.69. The fourth-order valence-electron chi connectivity index (χ4n) is 1.12. The van der Waals surface area contributed by atoms with E-state index in [0.29, 0.717) is 0 Å². The van der Waals surface area contributed by atoms with Crippen molar-refractivity contribution in [2.45, 2.75) is 0 Å². The van der Waals surface area contributed by atoms with Crippen LogP contribution in [0.15, 0.2) is 18.2 Å². The van der Waals surface area contributed by atoms with Gasteiger partial charge in [-0.3, -0.25) is 9.59 Å². The molecule has 6 heteroatoms. The summed E-state index contributed by atoms with van der Waals surface area (Å²) in [5.41, 5.74) is -0.0393. The van der Waals surface area contributed by atoms with Crippen LogP contribution in [0.2, 0.25) is 0 Å². The average Bonchev–Trinajstić information content (AvgIpc) is 2.26. The summed E-state index contributed by atoms with van der Waals surface area (Å²) in [4.78, 5) is 33.2. The molecule has 0 aliphatic carbocycles. The van der Waals surface area contributed by atoms with Crippen LogP contribution in [-0.2, 0) is 4.74 Å². The van der Waals surface area contributed by atoms with E-state index in [2.05, 4.69) is 4.74 Å². The highest BCUT2D eigenvalue weighted by Gasteiger charge is 2.18. The van der Waals surface area contributed by atoms with Gasteiger partial charge in [-0.25, -0.2) is 4.79 Å². The molecule has 0 fully saturated rings. The summed E-state index contributed by atoms with van der Waals surface area (Å²) < 4.78 is 4.46. The van der Waals surface area contributed by atoms with Crippen molar-refractivity contribution in [3.05, 3.63) is 34.9 Å². The number of hydrogen-bond donors (Lipinski definition) is 0. The standard InChI is InChI=1S/C10H6Cl2O4/c1-16-10(15)6-3-2-5(8(11)13)4-7(6)9(12)14/h2-4H,1H3.